The summed E-state index contributed by atoms with van der Waals surface area (Å²) in [6.45, 7) is 3.07. The number of likely N-dealkylation sites (N-methyl/N-ethyl adjacent to an activating group) is 1. The maximum atomic E-state index is 13.1. The van der Waals surface area contributed by atoms with E-state index in [1.54, 1.807) is 43.3 Å². The molecule has 10 nitrogen and oxygen atoms in total. The number of halogens is 2. The standard InChI is InChI=1S/C28H30Cl2N6O4/c1-17-24-25(35-40-17)19-7-9-20(10-8-19)39-12-6-4-3-5-11-36(2)16-23(37)33-26-21(29)13-18(14-22(26)30)15-32-28(31)34-27(24)38/h4,6-10,13-14H,3,5,11-12,15-16H2,1-2H3,(H,33,37)(H3,31,32,34,38). The molecule has 12 heteroatoms. The molecule has 0 aliphatic carbocycles. The minimum Gasteiger partial charge on any atom is -0.490 e. The number of guanidine groups is 1. The van der Waals surface area contributed by atoms with Crippen LogP contribution in [0, 0.1) is 6.92 Å². The van der Waals surface area contributed by atoms with Crippen LogP contribution in [0.3, 0.4) is 0 Å². The molecule has 2 amide bonds. The molecule has 0 saturated carbocycles. The molecule has 0 spiro atoms. The van der Waals surface area contributed by atoms with E-state index >= 15 is 0 Å². The van der Waals surface area contributed by atoms with Crippen LogP contribution < -0.4 is 21.1 Å². The van der Waals surface area contributed by atoms with Crippen LogP contribution in [-0.2, 0) is 11.3 Å². The van der Waals surface area contributed by atoms with Gasteiger partial charge in [0, 0.05) is 5.56 Å². The first-order chi connectivity index (χ1) is 19.2. The average molecular weight is 585 g/mol. The summed E-state index contributed by atoms with van der Waals surface area (Å²) in [5.74, 6) is 0.157. The summed E-state index contributed by atoms with van der Waals surface area (Å²) in [6.07, 6.45) is 5.72. The molecule has 2 aromatic carbocycles. The lowest BCUT2D eigenvalue weighted by Crippen LogP contribution is -2.37. The van der Waals surface area contributed by atoms with Gasteiger partial charge in [-0.05, 0) is 75.3 Å². The smallest absolute Gasteiger partial charge is 0.263 e. The Kier molecular flexibility index (Phi) is 9.81. The van der Waals surface area contributed by atoms with Crippen LogP contribution in [-0.4, -0.2) is 54.6 Å². The zero-order chi connectivity index (χ0) is 28.6. The van der Waals surface area contributed by atoms with Crippen LogP contribution in [0.1, 0.15) is 34.5 Å². The Hall–Kier alpha value is -3.86. The van der Waals surface area contributed by atoms with Gasteiger partial charge in [-0.1, -0.05) is 40.5 Å². The van der Waals surface area contributed by atoms with E-state index in [0.717, 1.165) is 19.4 Å². The summed E-state index contributed by atoms with van der Waals surface area (Å²) < 4.78 is 11.1. The van der Waals surface area contributed by atoms with Gasteiger partial charge >= 0.3 is 0 Å². The lowest BCUT2D eigenvalue weighted by atomic mass is 10.1. The van der Waals surface area contributed by atoms with Gasteiger partial charge < -0.3 is 20.3 Å². The number of carbonyl (C=O) groups excluding carboxylic acids is 2. The van der Waals surface area contributed by atoms with E-state index < -0.39 is 5.91 Å². The fourth-order valence-electron chi connectivity index (χ4n) is 4.09. The van der Waals surface area contributed by atoms with Gasteiger partial charge in [0.05, 0.1) is 28.8 Å². The Balaban J connectivity index is 1.58. The Morgan fingerprint density at radius 2 is 1.77 bits per heavy atom. The third-order valence-corrected chi connectivity index (χ3v) is 6.69. The number of aromatic nitrogens is 1. The monoisotopic (exact) mass is 584 g/mol. The van der Waals surface area contributed by atoms with Crippen molar-refractivity contribution >= 4 is 46.7 Å². The van der Waals surface area contributed by atoms with E-state index in [1.165, 1.54) is 0 Å². The van der Waals surface area contributed by atoms with E-state index in [9.17, 15) is 9.59 Å². The number of anilines is 1. The summed E-state index contributed by atoms with van der Waals surface area (Å²) in [5, 5.41) is 9.95. The van der Waals surface area contributed by atoms with Crippen LogP contribution >= 0.6 is 23.2 Å². The van der Waals surface area contributed by atoms with Gasteiger partial charge in [0.15, 0.2) is 5.96 Å². The highest BCUT2D eigenvalue weighted by atomic mass is 35.5. The normalized spacial score (nSPS) is 16.1. The van der Waals surface area contributed by atoms with Crippen molar-refractivity contribution in [3.63, 3.8) is 0 Å². The largest absolute Gasteiger partial charge is 0.490 e. The predicted molar refractivity (Wildman–Crippen MR) is 156 cm³/mol. The SMILES string of the molecule is Cc1onc2c1C(=O)NC(N)=NCc1cc(Cl)c(c(Cl)c1)NC(=O)CN(C)CCCC=CCOc1ccc-2cc1. The van der Waals surface area contributed by atoms with Crippen molar-refractivity contribution in [3.8, 4) is 17.0 Å². The summed E-state index contributed by atoms with van der Waals surface area (Å²) in [7, 11) is 1.88. The Bertz CT molecular complexity index is 1410. The number of allylic oxidation sites excluding steroid dienone is 1. The highest BCUT2D eigenvalue weighted by Gasteiger charge is 2.22. The summed E-state index contributed by atoms with van der Waals surface area (Å²) >= 11 is 12.8. The maximum Gasteiger partial charge on any atom is 0.263 e. The topological polar surface area (TPSA) is 135 Å². The fraction of sp³-hybridized carbons (Fsp3) is 0.286. The van der Waals surface area contributed by atoms with Crippen molar-refractivity contribution in [2.24, 2.45) is 10.7 Å². The highest BCUT2D eigenvalue weighted by molar-refractivity contribution is 6.39. The van der Waals surface area contributed by atoms with Crippen LogP contribution in [0.2, 0.25) is 10.0 Å². The van der Waals surface area contributed by atoms with Crippen molar-refractivity contribution in [1.29, 1.82) is 0 Å². The second-order valence-electron chi connectivity index (χ2n) is 9.29. The number of hydrogen-bond donors (Lipinski definition) is 3. The first kappa shape index (κ1) is 29.1. The molecule has 7 rings (SSSR count). The molecule has 4 N–H and O–H groups in total. The van der Waals surface area contributed by atoms with Crippen molar-refractivity contribution in [2.45, 2.75) is 26.3 Å². The molecule has 0 fully saturated rings. The highest BCUT2D eigenvalue weighted by Crippen LogP contribution is 2.32. The first-order valence-corrected chi connectivity index (χ1v) is 13.4. The van der Waals surface area contributed by atoms with Gasteiger partial charge in [-0.15, -0.1) is 0 Å². The van der Waals surface area contributed by atoms with Gasteiger partial charge in [0.25, 0.3) is 5.91 Å². The molecule has 4 aliphatic rings. The fourth-order valence-corrected chi connectivity index (χ4v) is 4.72. The van der Waals surface area contributed by atoms with Gasteiger partial charge in [-0.25, -0.2) is 4.99 Å². The number of hydrogen-bond acceptors (Lipinski definition) is 8. The number of nitrogens with one attached hydrogen (secondary N) is 2. The predicted octanol–water partition coefficient (Wildman–Crippen LogP) is 4.80. The number of nitrogens with two attached hydrogens (primary N) is 1. The van der Waals surface area contributed by atoms with E-state index in [1.807, 2.05) is 24.1 Å². The zero-order valence-corrected chi connectivity index (χ0v) is 23.7. The summed E-state index contributed by atoms with van der Waals surface area (Å²) in [5.41, 5.74) is 8.26. The van der Waals surface area contributed by atoms with E-state index in [4.69, 9.17) is 38.2 Å². The van der Waals surface area contributed by atoms with E-state index in [0.29, 0.717) is 40.6 Å². The molecular weight excluding hydrogens is 555 g/mol. The maximum absolute atomic E-state index is 13.1. The lowest BCUT2D eigenvalue weighted by Gasteiger charge is -2.17. The molecule has 0 saturated heterocycles. The molecular formula is C28H30Cl2N6O4. The van der Waals surface area contributed by atoms with Crippen molar-refractivity contribution in [1.82, 2.24) is 15.4 Å². The third kappa shape index (κ3) is 7.62. The molecule has 3 aromatic rings. The molecule has 0 atom stereocenters. The number of amides is 2. The number of benzene rings is 2. The number of aryl methyl sites for hydroxylation is 1. The molecule has 4 bridgehead atoms. The third-order valence-electron chi connectivity index (χ3n) is 6.09. The number of rotatable bonds is 0. The summed E-state index contributed by atoms with van der Waals surface area (Å²) in [6, 6.07) is 10.5. The van der Waals surface area contributed by atoms with Crippen LogP contribution in [0.25, 0.3) is 11.3 Å². The quantitative estimate of drug-likeness (QED) is 0.323. The van der Waals surface area contributed by atoms with Gasteiger partial charge in [-0.2, -0.15) is 0 Å². The van der Waals surface area contributed by atoms with Crippen LogP contribution in [0.4, 0.5) is 5.69 Å². The molecule has 0 radical (unpaired) electrons. The summed E-state index contributed by atoms with van der Waals surface area (Å²) in [4.78, 5) is 31.8. The van der Waals surface area contributed by atoms with Gasteiger partial charge in [-0.3, -0.25) is 19.8 Å². The van der Waals surface area contributed by atoms with E-state index in [-0.39, 0.29) is 40.6 Å². The Morgan fingerprint density at radius 3 is 2.50 bits per heavy atom. The average Bonchev–Trinajstić information content (AvgIpc) is 3.30. The van der Waals surface area contributed by atoms with Crippen molar-refractivity contribution in [2.75, 3.05) is 32.1 Å². The van der Waals surface area contributed by atoms with Gasteiger partial charge in [0.1, 0.15) is 29.4 Å². The van der Waals surface area contributed by atoms with Gasteiger partial charge in [0.2, 0.25) is 5.91 Å². The number of aliphatic imine (C=N–C) groups is 1. The Labute approximate surface area is 242 Å². The van der Waals surface area contributed by atoms with Crippen LogP contribution in [0.15, 0.2) is 58.1 Å². The van der Waals surface area contributed by atoms with Crippen molar-refractivity contribution in [3.05, 3.63) is 75.5 Å². The molecule has 4 aliphatic heterocycles. The van der Waals surface area contributed by atoms with Crippen molar-refractivity contribution < 1.29 is 18.8 Å². The van der Waals surface area contributed by atoms with E-state index in [2.05, 4.69) is 20.8 Å². The molecule has 5 heterocycles. The number of ether oxygens (including phenoxy) is 1. The molecule has 0 unspecified atom stereocenters. The second kappa shape index (κ2) is 13.5. The minimum atomic E-state index is -0.513. The number of nitrogens with zero attached hydrogens (tertiary/aromatic N) is 3. The molecule has 1 aromatic heterocycles. The number of carbonyl (C=O) groups is 2. The Morgan fingerprint density at radius 1 is 1.05 bits per heavy atom. The second-order valence-corrected chi connectivity index (χ2v) is 10.1. The molecule has 40 heavy (non-hydrogen) atoms. The lowest BCUT2D eigenvalue weighted by molar-refractivity contribution is -0.117. The minimum absolute atomic E-state index is 0.0912. The van der Waals surface area contributed by atoms with Crippen LogP contribution in [0.5, 0.6) is 5.75 Å². The zero-order valence-electron chi connectivity index (χ0n) is 22.2. The first-order valence-electron chi connectivity index (χ1n) is 12.6. The molecule has 210 valence electrons.